The Labute approximate surface area is 119 Å². The van der Waals surface area contributed by atoms with E-state index < -0.39 is 32.3 Å². The molecule has 114 valence electrons. The first kappa shape index (κ1) is 16.8. The van der Waals surface area contributed by atoms with Crippen molar-refractivity contribution in [2.24, 2.45) is 0 Å². The van der Waals surface area contributed by atoms with E-state index in [1.54, 1.807) is 0 Å². The van der Waals surface area contributed by atoms with Crippen LogP contribution in [-0.4, -0.2) is 43.7 Å². The number of hydrogen-bond acceptors (Lipinski definition) is 5. The summed E-state index contributed by atoms with van der Waals surface area (Å²) in [5, 5.41) is 2.81. The zero-order valence-electron chi connectivity index (χ0n) is 10.2. The van der Waals surface area contributed by atoms with Gasteiger partial charge in [-0.3, -0.25) is 9.78 Å². The van der Waals surface area contributed by atoms with Crippen LogP contribution in [0.4, 0.5) is 4.39 Å². The summed E-state index contributed by atoms with van der Waals surface area (Å²) in [7, 11) is -4.04. The molecular formula is C9H14ClFN4O4S. The molecule has 0 amide bonds. The van der Waals surface area contributed by atoms with E-state index in [1.807, 2.05) is 4.98 Å². The van der Waals surface area contributed by atoms with E-state index in [1.165, 1.54) is 0 Å². The Hall–Kier alpha value is -1.23. The molecule has 1 aromatic heterocycles. The molecule has 1 aromatic rings. The van der Waals surface area contributed by atoms with Crippen molar-refractivity contribution < 1.29 is 12.8 Å². The van der Waals surface area contributed by atoms with Crippen LogP contribution in [0.2, 0.25) is 0 Å². The van der Waals surface area contributed by atoms with Crippen LogP contribution in [0.1, 0.15) is 6.42 Å². The van der Waals surface area contributed by atoms with Crippen LogP contribution in [0.3, 0.4) is 0 Å². The molecule has 8 nitrogen and oxygen atoms in total. The van der Waals surface area contributed by atoms with Gasteiger partial charge >= 0.3 is 5.69 Å². The Kier molecular flexibility index (Phi) is 5.45. The maximum Gasteiger partial charge on any atom is 0.325 e. The van der Waals surface area contributed by atoms with Crippen molar-refractivity contribution in [2.45, 2.75) is 23.5 Å². The van der Waals surface area contributed by atoms with E-state index in [0.29, 0.717) is 0 Å². The molecule has 0 bridgehead atoms. The minimum Gasteiger partial charge on any atom is -0.313 e. The lowest BCUT2D eigenvalue weighted by molar-refractivity contribution is 0.355. The summed E-state index contributed by atoms with van der Waals surface area (Å²) in [6, 6.07) is -0.313. The quantitative estimate of drug-likeness (QED) is 0.533. The second kappa shape index (κ2) is 6.48. The molecule has 0 aromatic carbocycles. The van der Waals surface area contributed by atoms with Crippen LogP contribution < -0.4 is 21.3 Å². The molecule has 2 rings (SSSR count). The fourth-order valence-electron chi connectivity index (χ4n) is 1.81. The largest absolute Gasteiger partial charge is 0.325 e. The summed E-state index contributed by atoms with van der Waals surface area (Å²) in [6.07, 6.45) is 0.0413. The molecule has 2 atom stereocenters. The summed E-state index contributed by atoms with van der Waals surface area (Å²) < 4.78 is 38.7. The molecule has 1 aliphatic rings. The van der Waals surface area contributed by atoms with Gasteiger partial charge in [0, 0.05) is 25.3 Å². The van der Waals surface area contributed by atoms with Crippen molar-refractivity contribution in [3.8, 4) is 0 Å². The third-order valence-electron chi connectivity index (χ3n) is 2.76. The third kappa shape index (κ3) is 3.88. The Balaban J connectivity index is 0.00000200. The standard InChI is InChI=1S/C9H13FN4O4S.ClH/c10-5-1-6(11-2-5)3-13-19(17,18)7-4-12-9(16)14-8(7)15;/h4-6,11,13H,1-3H2,(H2,12,14,15,16);1H/t5-,6-;/m0./s1. The summed E-state index contributed by atoms with van der Waals surface area (Å²) >= 11 is 0. The number of halogens is 2. The van der Waals surface area contributed by atoms with Crippen molar-refractivity contribution in [1.29, 1.82) is 0 Å². The molecule has 4 N–H and O–H groups in total. The zero-order chi connectivity index (χ0) is 14.0. The molecule has 1 aliphatic heterocycles. The highest BCUT2D eigenvalue weighted by molar-refractivity contribution is 7.89. The van der Waals surface area contributed by atoms with E-state index in [4.69, 9.17) is 0 Å². The molecule has 0 spiro atoms. The first-order chi connectivity index (χ1) is 8.88. The summed E-state index contributed by atoms with van der Waals surface area (Å²) in [6.45, 7) is 0.160. The molecule has 0 unspecified atom stereocenters. The average molecular weight is 329 g/mol. The molecule has 11 heteroatoms. The van der Waals surface area contributed by atoms with E-state index in [9.17, 15) is 22.4 Å². The molecule has 1 saturated heterocycles. The van der Waals surface area contributed by atoms with Gasteiger partial charge in [0.1, 0.15) is 6.17 Å². The average Bonchev–Trinajstić information content (AvgIpc) is 2.72. The van der Waals surface area contributed by atoms with E-state index in [2.05, 4.69) is 15.0 Å². The number of aromatic amines is 2. The van der Waals surface area contributed by atoms with Gasteiger partial charge in [0.05, 0.1) is 0 Å². The highest BCUT2D eigenvalue weighted by atomic mass is 35.5. The SMILES string of the molecule is Cl.O=c1[nH]cc(S(=O)(=O)NC[C@@H]2C[C@H](F)CN2)c(=O)[nH]1. The number of nitrogens with one attached hydrogen (secondary N) is 4. The number of rotatable bonds is 4. The lowest BCUT2D eigenvalue weighted by Gasteiger charge is -2.11. The van der Waals surface area contributed by atoms with Gasteiger partial charge in [0.15, 0.2) is 4.90 Å². The maximum absolute atomic E-state index is 12.9. The van der Waals surface area contributed by atoms with Gasteiger partial charge < -0.3 is 10.3 Å². The van der Waals surface area contributed by atoms with Crippen LogP contribution in [0.25, 0.3) is 0 Å². The molecular weight excluding hydrogens is 315 g/mol. The number of sulfonamides is 1. The van der Waals surface area contributed by atoms with Crippen LogP contribution in [0.15, 0.2) is 20.7 Å². The smallest absolute Gasteiger partial charge is 0.313 e. The molecule has 0 aliphatic carbocycles. The lowest BCUT2D eigenvalue weighted by atomic mass is 10.2. The lowest BCUT2D eigenvalue weighted by Crippen LogP contribution is -2.39. The minimum absolute atomic E-state index is 0. The molecule has 2 heterocycles. The maximum atomic E-state index is 12.9. The van der Waals surface area contributed by atoms with Crippen molar-refractivity contribution in [3.63, 3.8) is 0 Å². The molecule has 20 heavy (non-hydrogen) atoms. The summed E-state index contributed by atoms with van der Waals surface area (Å²) in [5.74, 6) is 0. The van der Waals surface area contributed by atoms with Crippen LogP contribution >= 0.6 is 12.4 Å². The van der Waals surface area contributed by atoms with Gasteiger partial charge in [-0.15, -0.1) is 12.4 Å². The predicted molar refractivity (Wildman–Crippen MR) is 71.4 cm³/mol. The monoisotopic (exact) mass is 328 g/mol. The van der Waals surface area contributed by atoms with Crippen molar-refractivity contribution in [3.05, 3.63) is 27.0 Å². The molecule has 1 fully saturated rings. The van der Waals surface area contributed by atoms with E-state index in [-0.39, 0.29) is 38.0 Å². The number of alkyl halides is 1. The Morgan fingerprint density at radius 1 is 1.40 bits per heavy atom. The van der Waals surface area contributed by atoms with Gasteiger partial charge in [-0.25, -0.2) is 22.3 Å². The fourth-order valence-corrected chi connectivity index (χ4v) is 2.90. The normalized spacial score (nSPS) is 22.4. The van der Waals surface area contributed by atoms with Gasteiger partial charge in [0.25, 0.3) is 5.56 Å². The third-order valence-corrected chi connectivity index (χ3v) is 4.19. The number of hydrogen-bond donors (Lipinski definition) is 4. The summed E-state index contributed by atoms with van der Waals surface area (Å²) in [5.41, 5.74) is -1.79. The van der Waals surface area contributed by atoms with E-state index >= 15 is 0 Å². The van der Waals surface area contributed by atoms with Gasteiger partial charge in [0.2, 0.25) is 10.0 Å². The van der Waals surface area contributed by atoms with Crippen LogP contribution in [0.5, 0.6) is 0 Å². The van der Waals surface area contributed by atoms with Crippen molar-refractivity contribution in [2.75, 3.05) is 13.1 Å². The van der Waals surface area contributed by atoms with Crippen molar-refractivity contribution >= 4 is 22.4 Å². The minimum atomic E-state index is -4.04. The first-order valence-electron chi connectivity index (χ1n) is 5.57. The topological polar surface area (TPSA) is 124 Å². The number of H-pyrrole nitrogens is 2. The highest BCUT2D eigenvalue weighted by Gasteiger charge is 2.26. The van der Waals surface area contributed by atoms with Gasteiger partial charge in [-0.1, -0.05) is 0 Å². The zero-order valence-corrected chi connectivity index (χ0v) is 11.8. The highest BCUT2D eigenvalue weighted by Crippen LogP contribution is 2.09. The second-order valence-corrected chi connectivity index (χ2v) is 5.96. The Morgan fingerprint density at radius 2 is 2.10 bits per heavy atom. The molecule has 0 radical (unpaired) electrons. The summed E-state index contributed by atoms with van der Waals surface area (Å²) in [4.78, 5) is 25.5. The number of aromatic nitrogens is 2. The Morgan fingerprint density at radius 3 is 2.65 bits per heavy atom. The first-order valence-corrected chi connectivity index (χ1v) is 7.06. The second-order valence-electron chi connectivity index (χ2n) is 4.23. The van der Waals surface area contributed by atoms with Crippen LogP contribution in [0, 0.1) is 0 Å². The van der Waals surface area contributed by atoms with Gasteiger partial charge in [-0.2, -0.15) is 0 Å². The van der Waals surface area contributed by atoms with Crippen molar-refractivity contribution in [1.82, 2.24) is 20.0 Å². The molecule has 0 saturated carbocycles. The Bertz CT molecular complexity index is 673. The fraction of sp³-hybridized carbons (Fsp3) is 0.556. The van der Waals surface area contributed by atoms with E-state index in [0.717, 1.165) is 6.20 Å². The predicted octanol–water partition coefficient (Wildman–Crippen LogP) is -1.54. The van der Waals surface area contributed by atoms with Crippen LogP contribution in [-0.2, 0) is 10.0 Å². The van der Waals surface area contributed by atoms with Gasteiger partial charge in [-0.05, 0) is 6.42 Å².